The standard InChI is InChI=1S/C37H44N4O3/c42-34-23-30(27-9-3-1-4-10-27)15-20-39(34)25-31-16-21-40(26-37(31)18-7-8-19-37)36(44)41-22-17-32(38-35(43)29-13-14-29)24-33(41)28-11-5-2-6-12-28/h1-6,9-12,15,20,23,29,31-33H,7-8,13-14,16-19,21-22,24-26H2,(H,38,43)/t31-,32+,33-/m0/s1. The Morgan fingerprint density at radius 3 is 2.27 bits per heavy atom. The number of carbonyl (C=O) groups is 2. The van der Waals surface area contributed by atoms with Crippen molar-refractivity contribution in [1.82, 2.24) is 19.7 Å². The molecule has 1 N–H and O–H groups in total. The lowest BCUT2D eigenvalue weighted by Gasteiger charge is -2.49. The van der Waals surface area contributed by atoms with Gasteiger partial charge in [0.1, 0.15) is 0 Å². The Kier molecular flexibility index (Phi) is 8.04. The number of nitrogens with one attached hydrogen (secondary N) is 1. The monoisotopic (exact) mass is 592 g/mol. The maximum absolute atomic E-state index is 14.3. The molecule has 3 amide bonds. The van der Waals surface area contributed by atoms with E-state index in [9.17, 15) is 14.4 Å². The highest BCUT2D eigenvalue weighted by Gasteiger charge is 2.48. The fourth-order valence-electron chi connectivity index (χ4n) is 8.17. The summed E-state index contributed by atoms with van der Waals surface area (Å²) in [7, 11) is 0. The van der Waals surface area contributed by atoms with Crippen LogP contribution in [-0.2, 0) is 11.3 Å². The zero-order valence-corrected chi connectivity index (χ0v) is 25.6. The number of urea groups is 1. The molecule has 44 heavy (non-hydrogen) atoms. The van der Waals surface area contributed by atoms with Crippen molar-refractivity contribution in [3.63, 3.8) is 0 Å². The number of pyridine rings is 1. The maximum atomic E-state index is 14.3. The summed E-state index contributed by atoms with van der Waals surface area (Å²) >= 11 is 0. The Morgan fingerprint density at radius 2 is 1.57 bits per heavy atom. The minimum atomic E-state index is -0.0547. The van der Waals surface area contributed by atoms with E-state index in [1.165, 1.54) is 12.8 Å². The molecule has 0 bridgehead atoms. The third-order valence-corrected chi connectivity index (χ3v) is 10.8. The number of aromatic nitrogens is 1. The number of hydrogen-bond acceptors (Lipinski definition) is 3. The van der Waals surface area contributed by atoms with Gasteiger partial charge in [-0.15, -0.1) is 0 Å². The van der Waals surface area contributed by atoms with E-state index >= 15 is 0 Å². The number of likely N-dealkylation sites (tertiary alicyclic amines) is 2. The van der Waals surface area contributed by atoms with Gasteiger partial charge in [-0.05, 0) is 79.0 Å². The second kappa shape index (κ2) is 12.3. The summed E-state index contributed by atoms with van der Waals surface area (Å²) in [6.07, 6.45) is 11.0. The van der Waals surface area contributed by atoms with Gasteiger partial charge >= 0.3 is 6.03 Å². The number of piperidine rings is 2. The molecule has 3 atom stereocenters. The van der Waals surface area contributed by atoms with Crippen LogP contribution in [0, 0.1) is 17.3 Å². The first-order valence-corrected chi connectivity index (χ1v) is 16.7. The van der Waals surface area contributed by atoms with Crippen molar-refractivity contribution < 1.29 is 9.59 Å². The Bertz CT molecular complexity index is 1530. The Labute approximate surface area is 260 Å². The molecule has 4 aliphatic rings. The molecule has 3 aromatic rings. The SMILES string of the molecule is O=C(N[C@@H]1CCN(C(=O)N2CC[C@@H](Cn3ccc(-c4ccccc4)cc3=O)C3(CCCC3)C2)[C@H](c2ccccc2)C1)C1CC1. The van der Waals surface area contributed by atoms with Gasteiger partial charge in [-0.1, -0.05) is 73.5 Å². The summed E-state index contributed by atoms with van der Waals surface area (Å²) in [6.45, 7) is 2.81. The quantitative estimate of drug-likeness (QED) is 0.368. The highest BCUT2D eigenvalue weighted by Crippen LogP contribution is 2.49. The molecule has 0 radical (unpaired) electrons. The smallest absolute Gasteiger partial charge is 0.320 e. The fourth-order valence-corrected chi connectivity index (χ4v) is 8.17. The third kappa shape index (κ3) is 5.93. The molecule has 7 heteroatoms. The predicted octanol–water partition coefficient (Wildman–Crippen LogP) is 6.25. The Hall–Kier alpha value is -3.87. The van der Waals surface area contributed by atoms with Gasteiger partial charge < -0.3 is 19.7 Å². The van der Waals surface area contributed by atoms with Crippen molar-refractivity contribution in [2.24, 2.45) is 17.3 Å². The topological polar surface area (TPSA) is 74.7 Å². The van der Waals surface area contributed by atoms with Crippen LogP contribution in [0.2, 0.25) is 0 Å². The lowest BCUT2D eigenvalue weighted by molar-refractivity contribution is -0.123. The van der Waals surface area contributed by atoms with Crippen molar-refractivity contribution in [3.8, 4) is 11.1 Å². The second-order valence-electron chi connectivity index (χ2n) is 13.7. The van der Waals surface area contributed by atoms with Crippen LogP contribution in [0.5, 0.6) is 0 Å². The number of carbonyl (C=O) groups excluding carboxylic acids is 2. The second-order valence-corrected chi connectivity index (χ2v) is 13.7. The van der Waals surface area contributed by atoms with Gasteiger partial charge in [-0.25, -0.2) is 4.79 Å². The Balaban J connectivity index is 1.07. The molecule has 230 valence electrons. The van der Waals surface area contributed by atoms with Gasteiger partial charge in [0.05, 0.1) is 6.04 Å². The summed E-state index contributed by atoms with van der Waals surface area (Å²) in [5.74, 6) is 0.731. The van der Waals surface area contributed by atoms with Crippen LogP contribution in [0.1, 0.15) is 69.4 Å². The minimum absolute atomic E-state index is 0.0420. The largest absolute Gasteiger partial charge is 0.353 e. The average Bonchev–Trinajstić information content (AvgIpc) is 3.82. The van der Waals surface area contributed by atoms with Crippen molar-refractivity contribution in [3.05, 3.63) is 94.9 Å². The molecule has 2 aromatic carbocycles. The molecule has 2 aliphatic carbocycles. The van der Waals surface area contributed by atoms with E-state index in [0.717, 1.165) is 68.2 Å². The predicted molar refractivity (Wildman–Crippen MR) is 172 cm³/mol. The van der Waals surface area contributed by atoms with Crippen LogP contribution < -0.4 is 10.9 Å². The molecule has 1 spiro atoms. The van der Waals surface area contributed by atoms with Gasteiger partial charge in [-0.3, -0.25) is 9.59 Å². The molecule has 4 fully saturated rings. The zero-order valence-electron chi connectivity index (χ0n) is 25.6. The first-order valence-electron chi connectivity index (χ1n) is 16.7. The summed E-state index contributed by atoms with van der Waals surface area (Å²) in [4.78, 5) is 44.3. The molecule has 0 unspecified atom stereocenters. The lowest BCUT2D eigenvalue weighted by atomic mass is 9.69. The highest BCUT2D eigenvalue weighted by atomic mass is 16.2. The van der Waals surface area contributed by atoms with Crippen LogP contribution >= 0.6 is 0 Å². The zero-order chi connectivity index (χ0) is 30.1. The van der Waals surface area contributed by atoms with Gasteiger partial charge in [0.15, 0.2) is 0 Å². The van der Waals surface area contributed by atoms with E-state index in [-0.39, 0.29) is 40.9 Å². The lowest BCUT2D eigenvalue weighted by Crippen LogP contribution is -2.57. The molecule has 2 saturated heterocycles. The first kappa shape index (κ1) is 28.9. The van der Waals surface area contributed by atoms with E-state index < -0.39 is 0 Å². The van der Waals surface area contributed by atoms with Gasteiger partial charge in [0.2, 0.25) is 5.91 Å². The molecular formula is C37H44N4O3. The van der Waals surface area contributed by atoms with E-state index in [1.54, 1.807) is 6.07 Å². The summed E-state index contributed by atoms with van der Waals surface area (Å²) in [5.41, 5.74) is 3.23. The number of nitrogens with zero attached hydrogens (tertiary/aromatic N) is 3. The van der Waals surface area contributed by atoms with E-state index in [1.807, 2.05) is 59.3 Å². The van der Waals surface area contributed by atoms with Gasteiger partial charge in [-0.2, -0.15) is 0 Å². The maximum Gasteiger partial charge on any atom is 0.320 e. The van der Waals surface area contributed by atoms with E-state index in [2.05, 4.69) is 33.3 Å². The molecule has 7 nitrogen and oxygen atoms in total. The number of rotatable bonds is 6. The minimum Gasteiger partial charge on any atom is -0.353 e. The fraction of sp³-hybridized carbons (Fsp3) is 0.486. The summed E-state index contributed by atoms with van der Waals surface area (Å²) < 4.78 is 1.89. The Morgan fingerprint density at radius 1 is 0.841 bits per heavy atom. The first-order chi connectivity index (χ1) is 21.5. The van der Waals surface area contributed by atoms with Crippen LogP contribution in [0.25, 0.3) is 11.1 Å². The molecule has 2 saturated carbocycles. The van der Waals surface area contributed by atoms with Crippen LogP contribution in [0.4, 0.5) is 4.79 Å². The molecule has 2 aliphatic heterocycles. The molecular weight excluding hydrogens is 548 g/mol. The summed E-state index contributed by atoms with van der Waals surface area (Å²) in [5, 5.41) is 3.29. The third-order valence-electron chi connectivity index (χ3n) is 10.8. The van der Waals surface area contributed by atoms with Crippen molar-refractivity contribution in [1.29, 1.82) is 0 Å². The molecule has 1 aromatic heterocycles. The normalized spacial score (nSPS) is 24.8. The van der Waals surface area contributed by atoms with E-state index in [0.29, 0.717) is 25.6 Å². The number of amides is 3. The molecule has 3 heterocycles. The van der Waals surface area contributed by atoms with Crippen LogP contribution in [-0.4, -0.2) is 52.0 Å². The van der Waals surface area contributed by atoms with Crippen LogP contribution in [0.15, 0.2) is 83.8 Å². The van der Waals surface area contributed by atoms with Gasteiger partial charge in [0, 0.05) is 50.4 Å². The van der Waals surface area contributed by atoms with Crippen molar-refractivity contribution >= 4 is 11.9 Å². The number of benzene rings is 2. The van der Waals surface area contributed by atoms with Gasteiger partial charge in [0.25, 0.3) is 5.56 Å². The number of hydrogen-bond donors (Lipinski definition) is 1. The van der Waals surface area contributed by atoms with E-state index in [4.69, 9.17) is 0 Å². The summed E-state index contributed by atoms with van der Waals surface area (Å²) in [6, 6.07) is 24.3. The average molecular weight is 593 g/mol. The van der Waals surface area contributed by atoms with Crippen molar-refractivity contribution in [2.75, 3.05) is 19.6 Å². The van der Waals surface area contributed by atoms with Crippen LogP contribution in [0.3, 0.4) is 0 Å². The van der Waals surface area contributed by atoms with Crippen molar-refractivity contribution in [2.45, 2.75) is 76.4 Å². The molecule has 7 rings (SSSR count). The highest BCUT2D eigenvalue weighted by molar-refractivity contribution is 5.81.